The van der Waals surface area contributed by atoms with Crippen LogP contribution in [0.4, 0.5) is 4.39 Å². The van der Waals surface area contributed by atoms with Gasteiger partial charge in [0.1, 0.15) is 6.67 Å². The maximum Gasteiger partial charge on any atom is 0.225 e. The summed E-state index contributed by atoms with van der Waals surface area (Å²) < 4.78 is 20.8. The lowest BCUT2D eigenvalue weighted by Gasteiger charge is -2.08. The lowest BCUT2D eigenvalue weighted by Crippen LogP contribution is -2.20. The summed E-state index contributed by atoms with van der Waals surface area (Å²) in [6.07, 6.45) is 0. The van der Waals surface area contributed by atoms with Crippen molar-refractivity contribution in [1.29, 1.82) is 0 Å². The molecule has 0 aliphatic carbocycles. The Balaban J connectivity index is 2.50. The van der Waals surface area contributed by atoms with E-state index in [1.165, 1.54) is 11.5 Å². The van der Waals surface area contributed by atoms with E-state index in [1.54, 1.807) is 7.11 Å². The summed E-state index contributed by atoms with van der Waals surface area (Å²) in [6, 6.07) is 2.00. The van der Waals surface area contributed by atoms with Crippen molar-refractivity contribution in [2.75, 3.05) is 20.3 Å². The van der Waals surface area contributed by atoms with Gasteiger partial charge in [0.05, 0.1) is 7.11 Å². The fourth-order valence-corrected chi connectivity index (χ4v) is 1.66. The van der Waals surface area contributed by atoms with Gasteiger partial charge in [-0.1, -0.05) is 0 Å². The predicted molar refractivity (Wildman–Crippen MR) is 51.1 cm³/mol. The van der Waals surface area contributed by atoms with Crippen LogP contribution >= 0.6 is 11.5 Å². The summed E-state index contributed by atoms with van der Waals surface area (Å²) in [7, 11) is 1.58. The molecule has 5 heteroatoms. The molecular formula is C8H13FN2OS. The van der Waals surface area contributed by atoms with Gasteiger partial charge in [0.2, 0.25) is 5.88 Å². The number of aromatic nitrogens is 1. The molecule has 0 fully saturated rings. The minimum absolute atomic E-state index is 0.136. The summed E-state index contributed by atoms with van der Waals surface area (Å²) in [4.78, 5) is 1.06. The number of hydrogen-bond donors (Lipinski definition) is 1. The summed E-state index contributed by atoms with van der Waals surface area (Å²) in [5.74, 6) is 0.619. The van der Waals surface area contributed by atoms with Gasteiger partial charge in [-0.3, -0.25) is 0 Å². The van der Waals surface area contributed by atoms with Crippen LogP contribution in [0.25, 0.3) is 0 Å². The Labute approximate surface area is 81.1 Å². The van der Waals surface area contributed by atoms with E-state index in [9.17, 15) is 4.39 Å². The normalized spacial score (nSPS) is 12.8. The lowest BCUT2D eigenvalue weighted by atomic mass is 10.3. The molecule has 0 saturated carbocycles. The summed E-state index contributed by atoms with van der Waals surface area (Å²) in [5.41, 5.74) is 0. The third-order valence-electron chi connectivity index (χ3n) is 1.69. The molecule has 1 unspecified atom stereocenters. The van der Waals surface area contributed by atoms with Gasteiger partial charge in [-0.25, -0.2) is 4.39 Å². The van der Waals surface area contributed by atoms with Crippen molar-refractivity contribution >= 4 is 11.5 Å². The number of hydrogen-bond acceptors (Lipinski definition) is 4. The highest BCUT2D eigenvalue weighted by molar-refractivity contribution is 7.06. The molecule has 1 heterocycles. The van der Waals surface area contributed by atoms with E-state index >= 15 is 0 Å². The van der Waals surface area contributed by atoms with Gasteiger partial charge in [-0.15, -0.1) is 0 Å². The molecule has 0 bridgehead atoms. The van der Waals surface area contributed by atoms with Crippen LogP contribution in [0.5, 0.6) is 5.88 Å². The molecule has 0 saturated heterocycles. The van der Waals surface area contributed by atoms with Crippen LogP contribution in [0.15, 0.2) is 6.07 Å². The van der Waals surface area contributed by atoms with Crippen LogP contribution in [0, 0.1) is 0 Å². The Hall–Kier alpha value is -0.680. The molecule has 0 aromatic carbocycles. The van der Waals surface area contributed by atoms with Crippen LogP contribution in [-0.2, 0) is 0 Å². The van der Waals surface area contributed by atoms with Crippen LogP contribution in [0.2, 0.25) is 0 Å². The zero-order chi connectivity index (χ0) is 9.68. The Morgan fingerprint density at radius 2 is 2.54 bits per heavy atom. The first-order valence-electron chi connectivity index (χ1n) is 4.08. The van der Waals surface area contributed by atoms with Crippen LogP contribution in [-0.4, -0.2) is 24.7 Å². The highest BCUT2D eigenvalue weighted by Gasteiger charge is 2.08. The number of methoxy groups -OCH3 is 1. The predicted octanol–water partition coefficient (Wildman–Crippen LogP) is 1.77. The van der Waals surface area contributed by atoms with Gasteiger partial charge in [0.25, 0.3) is 0 Å². The Kier molecular flexibility index (Phi) is 4.11. The third-order valence-corrected chi connectivity index (χ3v) is 2.64. The van der Waals surface area contributed by atoms with Gasteiger partial charge >= 0.3 is 0 Å². The van der Waals surface area contributed by atoms with E-state index < -0.39 is 0 Å². The van der Waals surface area contributed by atoms with Crippen molar-refractivity contribution in [2.45, 2.75) is 13.0 Å². The molecule has 0 aliphatic rings. The van der Waals surface area contributed by atoms with Crippen molar-refractivity contribution in [3.8, 4) is 5.88 Å². The van der Waals surface area contributed by atoms with Crippen molar-refractivity contribution in [1.82, 2.24) is 9.69 Å². The van der Waals surface area contributed by atoms with Gasteiger partial charge in [0.15, 0.2) is 0 Å². The molecule has 1 aromatic rings. The fraction of sp³-hybridized carbons (Fsp3) is 0.625. The van der Waals surface area contributed by atoms with Gasteiger partial charge in [-0.2, -0.15) is 4.37 Å². The van der Waals surface area contributed by atoms with E-state index in [2.05, 4.69) is 9.69 Å². The maximum absolute atomic E-state index is 11.8. The second kappa shape index (κ2) is 5.14. The monoisotopic (exact) mass is 204 g/mol. The van der Waals surface area contributed by atoms with Crippen molar-refractivity contribution < 1.29 is 9.13 Å². The molecular weight excluding hydrogens is 191 g/mol. The molecule has 1 rings (SSSR count). The molecule has 74 valence electrons. The van der Waals surface area contributed by atoms with Crippen molar-refractivity contribution in [2.24, 2.45) is 0 Å². The molecule has 1 aromatic heterocycles. The first-order valence-corrected chi connectivity index (χ1v) is 4.85. The molecule has 1 N–H and O–H groups in total. The van der Waals surface area contributed by atoms with Gasteiger partial charge in [-0.05, 0) is 18.5 Å². The maximum atomic E-state index is 11.8. The van der Waals surface area contributed by atoms with Crippen molar-refractivity contribution in [3.63, 3.8) is 0 Å². The van der Waals surface area contributed by atoms with E-state index in [0.717, 1.165) is 4.88 Å². The van der Waals surface area contributed by atoms with E-state index in [4.69, 9.17) is 4.74 Å². The average molecular weight is 204 g/mol. The number of ether oxygens (including phenoxy) is 1. The lowest BCUT2D eigenvalue weighted by molar-refractivity contribution is 0.401. The first-order chi connectivity index (χ1) is 6.27. The largest absolute Gasteiger partial charge is 0.480 e. The van der Waals surface area contributed by atoms with Crippen LogP contribution < -0.4 is 10.1 Å². The number of halogens is 1. The minimum Gasteiger partial charge on any atom is -0.480 e. The second-order valence-corrected chi connectivity index (χ2v) is 3.47. The Bertz CT molecular complexity index is 254. The highest BCUT2D eigenvalue weighted by Crippen LogP contribution is 2.22. The van der Waals surface area contributed by atoms with Crippen LogP contribution in [0.3, 0.4) is 0 Å². The van der Waals surface area contributed by atoms with E-state index in [-0.39, 0.29) is 12.7 Å². The molecule has 0 amide bonds. The van der Waals surface area contributed by atoms with Crippen molar-refractivity contribution in [3.05, 3.63) is 10.9 Å². The fourth-order valence-electron chi connectivity index (χ4n) is 0.944. The highest BCUT2D eigenvalue weighted by atomic mass is 32.1. The summed E-state index contributed by atoms with van der Waals surface area (Å²) in [6.45, 7) is 2.00. The molecule has 0 aliphatic heterocycles. The first kappa shape index (κ1) is 10.4. The second-order valence-electron chi connectivity index (χ2n) is 2.64. The quantitative estimate of drug-likeness (QED) is 0.793. The van der Waals surface area contributed by atoms with E-state index in [1.807, 2.05) is 13.0 Å². The van der Waals surface area contributed by atoms with Gasteiger partial charge < -0.3 is 10.1 Å². The van der Waals surface area contributed by atoms with E-state index in [0.29, 0.717) is 12.4 Å². The summed E-state index contributed by atoms with van der Waals surface area (Å²) in [5, 5.41) is 3.03. The number of nitrogens with one attached hydrogen (secondary N) is 1. The smallest absolute Gasteiger partial charge is 0.225 e. The SMILES string of the molecule is COc1cc(C(C)NCCF)sn1. The summed E-state index contributed by atoms with van der Waals surface area (Å²) >= 11 is 1.37. The molecule has 13 heavy (non-hydrogen) atoms. The van der Waals surface area contributed by atoms with Crippen LogP contribution in [0.1, 0.15) is 17.8 Å². The average Bonchev–Trinajstić information content (AvgIpc) is 2.62. The molecule has 1 atom stereocenters. The number of alkyl halides is 1. The molecule has 0 spiro atoms. The molecule has 0 radical (unpaired) electrons. The molecule has 3 nitrogen and oxygen atoms in total. The number of nitrogens with zero attached hydrogens (tertiary/aromatic N) is 1. The zero-order valence-corrected chi connectivity index (χ0v) is 8.53. The third kappa shape index (κ3) is 2.93. The number of rotatable bonds is 5. The topological polar surface area (TPSA) is 34.1 Å². The zero-order valence-electron chi connectivity index (χ0n) is 7.71. The minimum atomic E-state index is -0.347. The standard InChI is InChI=1S/C8H13FN2OS/c1-6(10-4-3-9)7-5-8(12-2)11-13-7/h5-6,10H,3-4H2,1-2H3. The Morgan fingerprint density at radius 3 is 3.08 bits per heavy atom. The Morgan fingerprint density at radius 1 is 1.77 bits per heavy atom. The van der Waals surface area contributed by atoms with Gasteiger partial charge in [0, 0.05) is 23.5 Å².